The average molecular weight is 374 g/mol. The number of nitrogens with zero attached hydrogens (tertiary/aromatic N) is 5. The molecule has 0 spiro atoms. The Kier molecular flexibility index (Phi) is 5.51. The van der Waals surface area contributed by atoms with Crippen LogP contribution < -0.4 is 5.32 Å². The monoisotopic (exact) mass is 374 g/mol. The normalized spacial score (nSPS) is 16.6. The van der Waals surface area contributed by atoms with Gasteiger partial charge in [-0.3, -0.25) is 4.79 Å². The van der Waals surface area contributed by atoms with E-state index in [9.17, 15) is 4.79 Å². The molecule has 3 aromatic rings. The molecule has 1 fully saturated rings. The molecule has 4 rings (SSSR count). The zero-order valence-corrected chi connectivity index (χ0v) is 15.5. The van der Waals surface area contributed by atoms with Gasteiger partial charge in [-0.05, 0) is 55.5 Å². The Hall–Kier alpha value is -3.35. The standard InChI is InChI=1S/C21H22N6O/c28-21(17-9-11-23-24-14-17)27-12-4-5-16(15-27)13-18-6-3-8-20(25-18)26-19-7-1-2-10-22-19/h1-3,6-11,14,16H,4-5,12-13,15H2,(H,22,25,26)/t16-/m0/s1. The molecule has 1 N–H and O–H groups in total. The fourth-order valence-corrected chi connectivity index (χ4v) is 3.54. The van der Waals surface area contributed by atoms with Gasteiger partial charge >= 0.3 is 0 Å². The Balaban J connectivity index is 1.40. The van der Waals surface area contributed by atoms with Crippen molar-refractivity contribution in [2.45, 2.75) is 19.3 Å². The maximum Gasteiger partial charge on any atom is 0.255 e. The first kappa shape index (κ1) is 18.0. The van der Waals surface area contributed by atoms with E-state index in [1.54, 1.807) is 18.5 Å². The minimum absolute atomic E-state index is 0.0260. The van der Waals surface area contributed by atoms with E-state index in [1.807, 2.05) is 41.3 Å². The van der Waals surface area contributed by atoms with Crippen molar-refractivity contribution in [3.8, 4) is 0 Å². The molecule has 7 heteroatoms. The van der Waals surface area contributed by atoms with E-state index in [0.717, 1.165) is 49.7 Å². The van der Waals surface area contributed by atoms with Crippen LogP contribution in [0.5, 0.6) is 0 Å². The molecule has 3 aromatic heterocycles. The Morgan fingerprint density at radius 2 is 2.00 bits per heavy atom. The number of nitrogens with one attached hydrogen (secondary N) is 1. The molecule has 1 atom stereocenters. The van der Waals surface area contributed by atoms with E-state index < -0.39 is 0 Å². The van der Waals surface area contributed by atoms with Crippen molar-refractivity contribution in [3.05, 3.63) is 72.3 Å². The Bertz CT molecular complexity index is 918. The lowest BCUT2D eigenvalue weighted by Crippen LogP contribution is -2.40. The summed E-state index contributed by atoms with van der Waals surface area (Å²) in [6.07, 6.45) is 7.77. The minimum Gasteiger partial charge on any atom is -0.338 e. The summed E-state index contributed by atoms with van der Waals surface area (Å²) in [4.78, 5) is 23.6. The molecular weight excluding hydrogens is 352 g/mol. The Morgan fingerprint density at radius 1 is 1.07 bits per heavy atom. The van der Waals surface area contributed by atoms with E-state index in [-0.39, 0.29) is 5.91 Å². The number of rotatable bonds is 5. The quantitative estimate of drug-likeness (QED) is 0.739. The highest BCUT2D eigenvalue weighted by molar-refractivity contribution is 5.93. The summed E-state index contributed by atoms with van der Waals surface area (Å²) in [6, 6.07) is 13.4. The van der Waals surface area contributed by atoms with Gasteiger partial charge < -0.3 is 10.2 Å². The number of hydrogen-bond acceptors (Lipinski definition) is 6. The van der Waals surface area contributed by atoms with Crippen molar-refractivity contribution in [2.24, 2.45) is 5.92 Å². The molecule has 7 nitrogen and oxygen atoms in total. The molecule has 1 aliphatic heterocycles. The third-order valence-corrected chi connectivity index (χ3v) is 4.86. The molecule has 4 heterocycles. The molecule has 0 aromatic carbocycles. The maximum absolute atomic E-state index is 12.7. The lowest BCUT2D eigenvalue weighted by atomic mass is 9.93. The number of carbonyl (C=O) groups is 1. The molecule has 28 heavy (non-hydrogen) atoms. The van der Waals surface area contributed by atoms with Crippen LogP contribution in [0.15, 0.2) is 61.1 Å². The number of aromatic nitrogens is 4. The van der Waals surface area contributed by atoms with Gasteiger partial charge in [0.1, 0.15) is 11.6 Å². The molecule has 1 aliphatic rings. The summed E-state index contributed by atoms with van der Waals surface area (Å²) in [5, 5.41) is 10.8. The van der Waals surface area contributed by atoms with Gasteiger partial charge in [-0.1, -0.05) is 12.1 Å². The molecule has 0 saturated carbocycles. The average Bonchev–Trinajstić information content (AvgIpc) is 2.75. The molecular formula is C21H22N6O. The zero-order valence-electron chi connectivity index (χ0n) is 15.5. The van der Waals surface area contributed by atoms with Crippen molar-refractivity contribution in [3.63, 3.8) is 0 Å². The number of carbonyl (C=O) groups excluding carboxylic acids is 1. The Morgan fingerprint density at radius 3 is 2.82 bits per heavy atom. The first-order chi connectivity index (χ1) is 13.8. The van der Waals surface area contributed by atoms with Gasteiger partial charge in [0.15, 0.2) is 0 Å². The molecule has 142 valence electrons. The summed E-state index contributed by atoms with van der Waals surface area (Å²) in [7, 11) is 0. The first-order valence-corrected chi connectivity index (χ1v) is 9.48. The van der Waals surface area contributed by atoms with Gasteiger partial charge in [0.05, 0.1) is 18.0 Å². The van der Waals surface area contributed by atoms with Gasteiger partial charge in [0, 0.05) is 25.0 Å². The van der Waals surface area contributed by atoms with Crippen LogP contribution in [0.1, 0.15) is 28.9 Å². The second kappa shape index (κ2) is 8.56. The van der Waals surface area contributed by atoms with E-state index in [2.05, 4.69) is 20.5 Å². The van der Waals surface area contributed by atoms with Crippen LogP contribution in [0.4, 0.5) is 11.6 Å². The molecule has 0 radical (unpaired) electrons. The van der Waals surface area contributed by atoms with Gasteiger partial charge in [-0.25, -0.2) is 9.97 Å². The lowest BCUT2D eigenvalue weighted by Gasteiger charge is -2.32. The van der Waals surface area contributed by atoms with E-state index in [4.69, 9.17) is 4.98 Å². The van der Waals surface area contributed by atoms with Crippen molar-refractivity contribution < 1.29 is 4.79 Å². The van der Waals surface area contributed by atoms with Gasteiger partial charge in [0.2, 0.25) is 0 Å². The third kappa shape index (κ3) is 4.49. The fraction of sp³-hybridized carbons (Fsp3) is 0.286. The molecule has 1 saturated heterocycles. The largest absolute Gasteiger partial charge is 0.338 e. The summed E-state index contributed by atoms with van der Waals surface area (Å²) in [5.74, 6) is 1.97. The Labute approximate surface area is 163 Å². The van der Waals surface area contributed by atoms with Crippen molar-refractivity contribution in [1.29, 1.82) is 0 Å². The zero-order chi connectivity index (χ0) is 19.2. The SMILES string of the molecule is O=C(c1ccnnc1)N1CCC[C@@H](Cc2cccc(Nc3ccccn3)n2)C1. The third-order valence-electron chi connectivity index (χ3n) is 4.86. The van der Waals surface area contributed by atoms with Crippen LogP contribution in [-0.2, 0) is 6.42 Å². The van der Waals surface area contributed by atoms with Crippen molar-refractivity contribution in [2.75, 3.05) is 18.4 Å². The predicted molar refractivity (Wildman–Crippen MR) is 106 cm³/mol. The van der Waals surface area contributed by atoms with Crippen molar-refractivity contribution >= 4 is 17.5 Å². The molecule has 0 aliphatic carbocycles. The smallest absolute Gasteiger partial charge is 0.255 e. The van der Waals surface area contributed by atoms with Gasteiger partial charge in [0.25, 0.3) is 5.91 Å². The summed E-state index contributed by atoms with van der Waals surface area (Å²) in [5.41, 5.74) is 1.61. The summed E-state index contributed by atoms with van der Waals surface area (Å²) >= 11 is 0. The number of likely N-dealkylation sites (tertiary alicyclic amines) is 1. The lowest BCUT2D eigenvalue weighted by molar-refractivity contribution is 0.0672. The van der Waals surface area contributed by atoms with E-state index >= 15 is 0 Å². The predicted octanol–water partition coefficient (Wildman–Crippen LogP) is 3.11. The number of hydrogen-bond donors (Lipinski definition) is 1. The van der Waals surface area contributed by atoms with E-state index in [1.165, 1.54) is 6.20 Å². The minimum atomic E-state index is 0.0260. The van der Waals surface area contributed by atoms with Crippen LogP contribution in [0.2, 0.25) is 0 Å². The molecule has 0 bridgehead atoms. The van der Waals surface area contributed by atoms with Gasteiger partial charge in [-0.15, -0.1) is 0 Å². The van der Waals surface area contributed by atoms with Crippen LogP contribution in [-0.4, -0.2) is 44.1 Å². The van der Waals surface area contributed by atoms with Crippen molar-refractivity contribution in [1.82, 2.24) is 25.1 Å². The van der Waals surface area contributed by atoms with Crippen LogP contribution in [0.25, 0.3) is 0 Å². The molecule has 0 unspecified atom stereocenters. The van der Waals surface area contributed by atoms with E-state index in [0.29, 0.717) is 11.5 Å². The van der Waals surface area contributed by atoms with Crippen LogP contribution >= 0.6 is 0 Å². The number of pyridine rings is 2. The highest BCUT2D eigenvalue weighted by atomic mass is 16.2. The fourth-order valence-electron chi connectivity index (χ4n) is 3.54. The number of anilines is 2. The second-order valence-electron chi connectivity index (χ2n) is 6.95. The number of amides is 1. The highest BCUT2D eigenvalue weighted by Crippen LogP contribution is 2.22. The topological polar surface area (TPSA) is 83.9 Å². The number of piperidine rings is 1. The first-order valence-electron chi connectivity index (χ1n) is 9.48. The second-order valence-corrected chi connectivity index (χ2v) is 6.95. The van der Waals surface area contributed by atoms with Crippen LogP contribution in [0.3, 0.4) is 0 Å². The summed E-state index contributed by atoms with van der Waals surface area (Å²) in [6.45, 7) is 1.52. The molecule has 1 amide bonds. The highest BCUT2D eigenvalue weighted by Gasteiger charge is 2.25. The maximum atomic E-state index is 12.7. The summed E-state index contributed by atoms with van der Waals surface area (Å²) < 4.78 is 0. The van der Waals surface area contributed by atoms with Gasteiger partial charge in [-0.2, -0.15) is 10.2 Å². The van der Waals surface area contributed by atoms with Crippen LogP contribution in [0, 0.1) is 5.92 Å².